The number of nitrogens with one attached hydrogen (secondary N) is 2. The number of rotatable bonds is 12. The number of hydrogen-bond donors (Lipinski definition) is 2. The zero-order chi connectivity index (χ0) is 25.2. The van der Waals surface area contributed by atoms with Crippen molar-refractivity contribution in [2.24, 2.45) is 5.92 Å². The number of ether oxygens (including phenoxy) is 3. The highest BCUT2D eigenvalue weighted by atomic mass is 32.1. The highest BCUT2D eigenvalue weighted by molar-refractivity contribution is 7.10. The largest absolute Gasteiger partial charge is 0.495 e. The first-order valence-corrected chi connectivity index (χ1v) is 12.5. The number of amides is 2. The second-order valence-corrected chi connectivity index (χ2v) is 8.93. The summed E-state index contributed by atoms with van der Waals surface area (Å²) < 4.78 is 16.4. The van der Waals surface area contributed by atoms with Crippen LogP contribution in [0.5, 0.6) is 17.2 Å². The van der Waals surface area contributed by atoms with Gasteiger partial charge in [0.1, 0.15) is 5.75 Å². The predicted octanol–water partition coefficient (Wildman–Crippen LogP) is 5.69. The molecule has 35 heavy (non-hydrogen) atoms. The van der Waals surface area contributed by atoms with Crippen LogP contribution in [0.1, 0.15) is 48.0 Å². The summed E-state index contributed by atoms with van der Waals surface area (Å²) in [5.41, 5.74) is 1.01. The highest BCUT2D eigenvalue weighted by Gasteiger charge is 2.24. The third-order valence-electron chi connectivity index (χ3n) is 5.82. The van der Waals surface area contributed by atoms with E-state index in [9.17, 15) is 9.59 Å². The lowest BCUT2D eigenvalue weighted by Crippen LogP contribution is -2.32. The summed E-state index contributed by atoms with van der Waals surface area (Å²) in [5, 5.41) is 7.98. The van der Waals surface area contributed by atoms with Gasteiger partial charge >= 0.3 is 0 Å². The van der Waals surface area contributed by atoms with Crippen LogP contribution in [0.4, 0.5) is 5.69 Å². The van der Waals surface area contributed by atoms with Crippen molar-refractivity contribution in [3.63, 3.8) is 0 Å². The summed E-state index contributed by atoms with van der Waals surface area (Å²) >= 11 is 1.64. The number of methoxy groups -OCH3 is 2. The van der Waals surface area contributed by atoms with Crippen molar-refractivity contribution < 1.29 is 23.8 Å². The van der Waals surface area contributed by atoms with E-state index in [0.29, 0.717) is 34.4 Å². The van der Waals surface area contributed by atoms with Gasteiger partial charge in [0, 0.05) is 10.4 Å². The van der Waals surface area contributed by atoms with E-state index >= 15 is 0 Å². The van der Waals surface area contributed by atoms with Crippen molar-refractivity contribution in [3.8, 4) is 17.2 Å². The van der Waals surface area contributed by atoms with E-state index in [1.807, 2.05) is 17.5 Å². The van der Waals surface area contributed by atoms with Crippen LogP contribution in [0.3, 0.4) is 0 Å². The molecule has 8 heteroatoms. The molecule has 1 aromatic heterocycles. The number of para-hydroxylation sites is 2. The Labute approximate surface area is 210 Å². The van der Waals surface area contributed by atoms with Crippen LogP contribution in [-0.4, -0.2) is 32.6 Å². The predicted molar refractivity (Wildman–Crippen MR) is 139 cm³/mol. The fourth-order valence-corrected chi connectivity index (χ4v) is 4.75. The molecule has 1 heterocycles. The first-order chi connectivity index (χ1) is 17.0. The molecule has 0 saturated carbocycles. The van der Waals surface area contributed by atoms with Gasteiger partial charge < -0.3 is 24.8 Å². The first kappa shape index (κ1) is 26.1. The van der Waals surface area contributed by atoms with Crippen LogP contribution in [0.15, 0.2) is 60.0 Å². The van der Waals surface area contributed by atoms with E-state index in [2.05, 4.69) is 30.5 Å². The topological polar surface area (TPSA) is 85.9 Å². The molecule has 0 unspecified atom stereocenters. The molecule has 3 rings (SSSR count). The number of carbonyl (C=O) groups excluding carboxylic acids is 2. The molecular formula is C27H32N2O5S. The van der Waals surface area contributed by atoms with Gasteiger partial charge in [-0.2, -0.15) is 0 Å². The Morgan fingerprint density at radius 2 is 1.66 bits per heavy atom. The number of carbonyl (C=O) groups is 2. The molecule has 0 aliphatic carbocycles. The average Bonchev–Trinajstić information content (AvgIpc) is 3.42. The Bertz CT molecular complexity index is 1110. The Morgan fingerprint density at radius 3 is 2.31 bits per heavy atom. The van der Waals surface area contributed by atoms with Crippen LogP contribution in [0.25, 0.3) is 0 Å². The molecule has 7 nitrogen and oxygen atoms in total. The number of anilines is 1. The summed E-state index contributed by atoms with van der Waals surface area (Å²) in [7, 11) is 3.04. The Kier molecular flexibility index (Phi) is 9.55. The molecule has 0 fully saturated rings. The standard InChI is InChI=1S/C27H32N2O5S/c1-5-18(6-2)26(24-12-9-15-35-24)29-27(31)19-13-14-22(23(16-19)33-4)34-17-25(30)28-20-10-7-8-11-21(20)32-3/h7-16,18,26H,5-6,17H2,1-4H3,(H,28,30)(H,29,31)/t26-/m0/s1. The zero-order valence-electron chi connectivity index (χ0n) is 20.5. The maximum atomic E-state index is 13.1. The first-order valence-electron chi connectivity index (χ1n) is 11.6. The van der Waals surface area contributed by atoms with Crippen LogP contribution >= 0.6 is 11.3 Å². The molecule has 2 aromatic carbocycles. The van der Waals surface area contributed by atoms with E-state index < -0.39 is 0 Å². The van der Waals surface area contributed by atoms with Gasteiger partial charge in [-0.05, 0) is 47.7 Å². The van der Waals surface area contributed by atoms with E-state index in [4.69, 9.17) is 14.2 Å². The Hall–Kier alpha value is -3.52. The van der Waals surface area contributed by atoms with Gasteiger partial charge in [0.15, 0.2) is 18.1 Å². The van der Waals surface area contributed by atoms with Crippen molar-refractivity contribution >= 4 is 28.8 Å². The van der Waals surface area contributed by atoms with Crippen molar-refractivity contribution in [2.75, 3.05) is 26.1 Å². The minimum atomic E-state index is -0.345. The van der Waals surface area contributed by atoms with Gasteiger partial charge in [-0.3, -0.25) is 9.59 Å². The average molecular weight is 497 g/mol. The molecular weight excluding hydrogens is 464 g/mol. The van der Waals surface area contributed by atoms with E-state index in [1.165, 1.54) is 14.2 Å². The van der Waals surface area contributed by atoms with E-state index in [0.717, 1.165) is 17.7 Å². The minimum absolute atomic E-state index is 0.0573. The number of thiophene rings is 1. The number of hydrogen-bond acceptors (Lipinski definition) is 6. The molecule has 1 atom stereocenters. The van der Waals surface area contributed by atoms with Gasteiger partial charge in [0.05, 0.1) is 25.9 Å². The summed E-state index contributed by atoms with van der Waals surface area (Å²) in [6.07, 6.45) is 1.93. The molecule has 3 aromatic rings. The van der Waals surface area contributed by atoms with Gasteiger partial charge in [0.25, 0.3) is 11.8 Å². The smallest absolute Gasteiger partial charge is 0.262 e. The van der Waals surface area contributed by atoms with Crippen LogP contribution < -0.4 is 24.8 Å². The van der Waals surface area contributed by atoms with E-state index in [-0.39, 0.29) is 24.5 Å². The third-order valence-corrected chi connectivity index (χ3v) is 6.78. The molecule has 0 saturated heterocycles. The minimum Gasteiger partial charge on any atom is -0.495 e. The fourth-order valence-electron chi connectivity index (χ4n) is 3.88. The van der Waals surface area contributed by atoms with Crippen molar-refractivity contribution in [2.45, 2.75) is 32.7 Å². The maximum Gasteiger partial charge on any atom is 0.262 e. The lowest BCUT2D eigenvalue weighted by molar-refractivity contribution is -0.118. The van der Waals surface area contributed by atoms with Gasteiger partial charge in [-0.1, -0.05) is 44.9 Å². The Morgan fingerprint density at radius 1 is 0.914 bits per heavy atom. The summed E-state index contributed by atoms with van der Waals surface area (Å²) in [6.45, 7) is 4.05. The lowest BCUT2D eigenvalue weighted by Gasteiger charge is -2.25. The van der Waals surface area contributed by atoms with Gasteiger partial charge in [-0.25, -0.2) is 0 Å². The van der Waals surface area contributed by atoms with Crippen LogP contribution in [-0.2, 0) is 4.79 Å². The second kappa shape index (κ2) is 12.8. The Balaban J connectivity index is 1.68. The maximum absolute atomic E-state index is 13.1. The van der Waals surface area contributed by atoms with Crippen molar-refractivity contribution in [1.82, 2.24) is 5.32 Å². The van der Waals surface area contributed by atoms with E-state index in [1.54, 1.807) is 47.7 Å². The molecule has 0 aliphatic heterocycles. The van der Waals surface area contributed by atoms with Gasteiger partial charge in [-0.15, -0.1) is 11.3 Å². The fraction of sp³-hybridized carbons (Fsp3) is 0.333. The number of benzene rings is 2. The quantitative estimate of drug-likeness (QED) is 0.336. The summed E-state index contributed by atoms with van der Waals surface area (Å²) in [4.78, 5) is 26.6. The van der Waals surface area contributed by atoms with Crippen LogP contribution in [0.2, 0.25) is 0 Å². The molecule has 0 aliphatic rings. The molecule has 0 radical (unpaired) electrons. The lowest BCUT2D eigenvalue weighted by atomic mass is 9.92. The molecule has 0 spiro atoms. The summed E-state index contributed by atoms with van der Waals surface area (Å²) in [6, 6.07) is 16.1. The third kappa shape index (κ3) is 6.76. The second-order valence-electron chi connectivity index (χ2n) is 7.95. The summed E-state index contributed by atoms with van der Waals surface area (Å²) in [5.74, 6) is 1.11. The molecule has 2 N–H and O–H groups in total. The molecule has 186 valence electrons. The molecule has 2 amide bonds. The van der Waals surface area contributed by atoms with Crippen molar-refractivity contribution in [1.29, 1.82) is 0 Å². The highest BCUT2D eigenvalue weighted by Crippen LogP contribution is 2.32. The van der Waals surface area contributed by atoms with Crippen LogP contribution in [0, 0.1) is 5.92 Å². The SMILES string of the molecule is CCC(CC)[C@H](NC(=O)c1ccc(OCC(=O)Nc2ccccc2OC)c(OC)c1)c1cccs1. The molecule has 0 bridgehead atoms. The van der Waals surface area contributed by atoms with Gasteiger partial charge in [0.2, 0.25) is 0 Å². The zero-order valence-corrected chi connectivity index (χ0v) is 21.3. The normalized spacial score (nSPS) is 11.6. The monoisotopic (exact) mass is 496 g/mol. The van der Waals surface area contributed by atoms with Crippen molar-refractivity contribution in [3.05, 3.63) is 70.4 Å².